The molecule has 3 rings (SSSR count). The first-order valence-electron chi connectivity index (χ1n) is 7.43. The zero-order chi connectivity index (χ0) is 14.3. The van der Waals surface area contributed by atoms with Crippen LogP contribution in [0.15, 0.2) is 6.20 Å². The molecule has 0 saturated carbocycles. The predicted molar refractivity (Wildman–Crippen MR) is 86.2 cm³/mol. The van der Waals surface area contributed by atoms with Crippen LogP contribution in [0.2, 0.25) is 0 Å². The average Bonchev–Trinajstić information content (AvgIpc) is 2.74. The van der Waals surface area contributed by atoms with Crippen molar-refractivity contribution in [3.8, 4) is 0 Å². The number of carbonyl (C=O) groups excluding carboxylic acids is 1. The number of rotatable bonds is 2. The molecule has 1 saturated heterocycles. The standard InChI is InChI=1S/C15H22N4O.ClH/c1-10(2)11-4-6-19(7-5-11)15-16-9-12-8-13(20)18(3)14(12)17-15;/h9-11H,4-8H2,1-3H3;1H. The van der Waals surface area contributed by atoms with Crippen LogP contribution in [0.4, 0.5) is 11.8 Å². The Morgan fingerprint density at radius 2 is 1.95 bits per heavy atom. The number of hydrogen-bond acceptors (Lipinski definition) is 4. The Morgan fingerprint density at radius 3 is 2.57 bits per heavy atom. The molecule has 2 aliphatic rings. The van der Waals surface area contributed by atoms with Crippen LogP contribution in [0.1, 0.15) is 32.3 Å². The second-order valence-corrected chi connectivity index (χ2v) is 6.22. The molecule has 1 aromatic heterocycles. The Kier molecular flexibility index (Phi) is 4.71. The van der Waals surface area contributed by atoms with E-state index >= 15 is 0 Å². The van der Waals surface area contributed by atoms with E-state index in [0.29, 0.717) is 6.42 Å². The molecule has 3 heterocycles. The van der Waals surface area contributed by atoms with Gasteiger partial charge in [-0.3, -0.25) is 9.69 Å². The number of anilines is 2. The fourth-order valence-electron chi connectivity index (χ4n) is 3.12. The lowest BCUT2D eigenvalue weighted by atomic mass is 9.87. The second-order valence-electron chi connectivity index (χ2n) is 6.22. The normalized spacial score (nSPS) is 19.0. The number of aromatic nitrogens is 2. The molecule has 0 bridgehead atoms. The van der Waals surface area contributed by atoms with Crippen LogP contribution in [-0.2, 0) is 11.2 Å². The quantitative estimate of drug-likeness (QED) is 0.841. The van der Waals surface area contributed by atoms with E-state index in [-0.39, 0.29) is 18.3 Å². The van der Waals surface area contributed by atoms with Crippen molar-refractivity contribution in [2.45, 2.75) is 33.1 Å². The Hall–Kier alpha value is -1.36. The molecule has 1 amide bonds. The van der Waals surface area contributed by atoms with Crippen molar-refractivity contribution >= 4 is 30.1 Å². The second kappa shape index (κ2) is 6.18. The highest BCUT2D eigenvalue weighted by atomic mass is 35.5. The van der Waals surface area contributed by atoms with E-state index in [1.807, 2.05) is 6.20 Å². The number of carbonyl (C=O) groups is 1. The van der Waals surface area contributed by atoms with Crippen LogP contribution in [0.3, 0.4) is 0 Å². The van der Waals surface area contributed by atoms with Gasteiger partial charge in [0.1, 0.15) is 5.82 Å². The van der Waals surface area contributed by atoms with Gasteiger partial charge in [0, 0.05) is 31.9 Å². The summed E-state index contributed by atoms with van der Waals surface area (Å²) in [4.78, 5) is 24.6. The van der Waals surface area contributed by atoms with Gasteiger partial charge < -0.3 is 4.90 Å². The average molecular weight is 311 g/mol. The van der Waals surface area contributed by atoms with Crippen molar-refractivity contribution < 1.29 is 4.79 Å². The third-order valence-corrected chi connectivity index (χ3v) is 4.63. The largest absolute Gasteiger partial charge is 0.341 e. The SMILES string of the molecule is CC(C)C1CCN(c2ncc3c(n2)N(C)C(=O)C3)CC1.Cl. The summed E-state index contributed by atoms with van der Waals surface area (Å²) in [5, 5.41) is 0. The van der Waals surface area contributed by atoms with Crippen LogP contribution < -0.4 is 9.80 Å². The van der Waals surface area contributed by atoms with Crippen LogP contribution in [0, 0.1) is 11.8 Å². The number of hydrogen-bond donors (Lipinski definition) is 0. The number of fused-ring (bicyclic) bond motifs is 1. The van der Waals surface area contributed by atoms with E-state index in [1.165, 1.54) is 12.8 Å². The first-order chi connectivity index (χ1) is 9.56. The fraction of sp³-hybridized carbons (Fsp3) is 0.667. The van der Waals surface area contributed by atoms with Gasteiger partial charge in [0.05, 0.1) is 6.42 Å². The Balaban J connectivity index is 0.00000161. The van der Waals surface area contributed by atoms with Gasteiger partial charge in [0.2, 0.25) is 11.9 Å². The fourth-order valence-corrected chi connectivity index (χ4v) is 3.12. The summed E-state index contributed by atoms with van der Waals surface area (Å²) in [6.07, 6.45) is 4.65. The summed E-state index contributed by atoms with van der Waals surface area (Å²) in [5.41, 5.74) is 0.943. The molecular weight excluding hydrogens is 288 g/mol. The number of nitrogens with zero attached hydrogens (tertiary/aromatic N) is 4. The molecule has 1 fully saturated rings. The predicted octanol–water partition coefficient (Wildman–Crippen LogP) is 2.29. The summed E-state index contributed by atoms with van der Waals surface area (Å²) in [7, 11) is 1.79. The molecule has 0 N–H and O–H groups in total. The Morgan fingerprint density at radius 1 is 1.29 bits per heavy atom. The van der Waals surface area contributed by atoms with Gasteiger partial charge in [-0.1, -0.05) is 13.8 Å². The lowest BCUT2D eigenvalue weighted by Crippen LogP contribution is -2.36. The molecule has 2 aliphatic heterocycles. The minimum absolute atomic E-state index is 0. The highest BCUT2D eigenvalue weighted by Crippen LogP contribution is 2.29. The summed E-state index contributed by atoms with van der Waals surface area (Å²) < 4.78 is 0. The lowest BCUT2D eigenvalue weighted by Gasteiger charge is -2.34. The monoisotopic (exact) mass is 310 g/mol. The zero-order valence-corrected chi connectivity index (χ0v) is 13.7. The maximum absolute atomic E-state index is 11.7. The lowest BCUT2D eigenvalue weighted by molar-refractivity contribution is -0.117. The van der Waals surface area contributed by atoms with Gasteiger partial charge >= 0.3 is 0 Å². The van der Waals surface area contributed by atoms with Gasteiger partial charge in [0.25, 0.3) is 0 Å². The highest BCUT2D eigenvalue weighted by Gasteiger charge is 2.28. The third kappa shape index (κ3) is 2.98. The van der Waals surface area contributed by atoms with Crippen LogP contribution in [0.5, 0.6) is 0 Å². The van der Waals surface area contributed by atoms with E-state index in [0.717, 1.165) is 42.3 Å². The van der Waals surface area contributed by atoms with E-state index in [1.54, 1.807) is 11.9 Å². The van der Waals surface area contributed by atoms with Crippen molar-refractivity contribution in [1.82, 2.24) is 9.97 Å². The molecule has 21 heavy (non-hydrogen) atoms. The van der Waals surface area contributed by atoms with Gasteiger partial charge in [-0.15, -0.1) is 12.4 Å². The molecule has 0 unspecified atom stereocenters. The number of piperidine rings is 1. The Labute approximate surface area is 132 Å². The molecule has 6 heteroatoms. The maximum Gasteiger partial charge on any atom is 0.232 e. The van der Waals surface area contributed by atoms with E-state index in [4.69, 9.17) is 0 Å². The van der Waals surface area contributed by atoms with Crippen molar-refractivity contribution in [1.29, 1.82) is 0 Å². The molecule has 0 aromatic carbocycles. The molecule has 0 radical (unpaired) electrons. The minimum atomic E-state index is 0. The molecule has 0 aliphatic carbocycles. The van der Waals surface area contributed by atoms with Crippen LogP contribution in [-0.4, -0.2) is 36.0 Å². The molecule has 5 nitrogen and oxygen atoms in total. The summed E-state index contributed by atoms with van der Waals surface area (Å²) in [6, 6.07) is 0. The molecule has 0 atom stereocenters. The van der Waals surface area contributed by atoms with Crippen LogP contribution in [0.25, 0.3) is 0 Å². The number of halogens is 1. The van der Waals surface area contributed by atoms with Gasteiger partial charge in [0.15, 0.2) is 0 Å². The summed E-state index contributed by atoms with van der Waals surface area (Å²) >= 11 is 0. The maximum atomic E-state index is 11.7. The Bertz CT molecular complexity index is 526. The minimum Gasteiger partial charge on any atom is -0.341 e. The number of amides is 1. The topological polar surface area (TPSA) is 49.3 Å². The van der Waals surface area contributed by atoms with Crippen molar-refractivity contribution in [3.63, 3.8) is 0 Å². The van der Waals surface area contributed by atoms with Gasteiger partial charge in [-0.2, -0.15) is 4.98 Å². The molecule has 116 valence electrons. The molecular formula is C15H23ClN4O. The smallest absolute Gasteiger partial charge is 0.232 e. The van der Waals surface area contributed by atoms with Crippen molar-refractivity contribution in [2.75, 3.05) is 29.9 Å². The first kappa shape index (κ1) is 16.0. The van der Waals surface area contributed by atoms with Gasteiger partial charge in [-0.05, 0) is 24.7 Å². The molecule has 1 aromatic rings. The highest BCUT2D eigenvalue weighted by molar-refractivity contribution is 5.99. The van der Waals surface area contributed by atoms with E-state index in [9.17, 15) is 4.79 Å². The summed E-state index contributed by atoms with van der Waals surface area (Å²) in [5.74, 6) is 3.22. The number of likely N-dealkylation sites (N-methyl/N-ethyl adjacent to an activating group) is 1. The summed E-state index contributed by atoms with van der Waals surface area (Å²) in [6.45, 7) is 6.62. The van der Waals surface area contributed by atoms with Crippen molar-refractivity contribution in [2.24, 2.45) is 11.8 Å². The van der Waals surface area contributed by atoms with Gasteiger partial charge in [-0.25, -0.2) is 4.98 Å². The van der Waals surface area contributed by atoms with E-state index in [2.05, 4.69) is 28.7 Å². The first-order valence-corrected chi connectivity index (χ1v) is 7.43. The molecule has 0 spiro atoms. The van der Waals surface area contributed by atoms with E-state index < -0.39 is 0 Å². The van der Waals surface area contributed by atoms with Crippen LogP contribution >= 0.6 is 12.4 Å². The van der Waals surface area contributed by atoms with Crippen molar-refractivity contribution in [3.05, 3.63) is 11.8 Å². The zero-order valence-electron chi connectivity index (χ0n) is 12.9. The third-order valence-electron chi connectivity index (χ3n) is 4.63.